The predicted molar refractivity (Wildman–Crippen MR) is 87.3 cm³/mol. The van der Waals surface area contributed by atoms with Gasteiger partial charge in [-0.3, -0.25) is 9.48 Å². The molecule has 1 heterocycles. The van der Waals surface area contributed by atoms with Crippen molar-refractivity contribution >= 4 is 17.6 Å². The van der Waals surface area contributed by atoms with Gasteiger partial charge in [0, 0.05) is 25.8 Å². The fraction of sp³-hybridized carbons (Fsp3) is 0.353. The summed E-state index contributed by atoms with van der Waals surface area (Å²) in [6.07, 6.45) is 3.68. The summed E-state index contributed by atoms with van der Waals surface area (Å²) in [5.41, 5.74) is 2.68. The van der Waals surface area contributed by atoms with E-state index in [9.17, 15) is 14.7 Å². The maximum Gasteiger partial charge on any atom is 0.335 e. The fourth-order valence-electron chi connectivity index (χ4n) is 2.80. The number of amides is 1. The van der Waals surface area contributed by atoms with Crippen molar-refractivity contribution in [2.45, 2.75) is 25.4 Å². The molecule has 126 valence electrons. The number of carboxylic acid groups (broad SMARTS) is 1. The van der Waals surface area contributed by atoms with Gasteiger partial charge in [0.15, 0.2) is 0 Å². The quantitative estimate of drug-likeness (QED) is 0.849. The number of nitrogens with zero attached hydrogens (tertiary/aromatic N) is 2. The predicted octanol–water partition coefficient (Wildman–Crippen LogP) is 2.39. The third kappa shape index (κ3) is 3.30. The van der Waals surface area contributed by atoms with Crippen LogP contribution in [0.15, 0.2) is 24.4 Å². The minimum Gasteiger partial charge on any atom is -0.478 e. The molecule has 0 aliphatic heterocycles. The summed E-state index contributed by atoms with van der Waals surface area (Å²) in [4.78, 5) is 23.8. The van der Waals surface area contributed by atoms with Gasteiger partial charge in [0.25, 0.3) is 5.91 Å². The van der Waals surface area contributed by atoms with Crippen LogP contribution in [-0.4, -0.2) is 33.9 Å². The van der Waals surface area contributed by atoms with E-state index in [1.165, 1.54) is 19.2 Å². The van der Waals surface area contributed by atoms with Gasteiger partial charge in [0.05, 0.1) is 29.6 Å². The zero-order valence-corrected chi connectivity index (χ0v) is 13.6. The molecule has 0 spiro atoms. The van der Waals surface area contributed by atoms with Gasteiger partial charge in [-0.1, -0.05) is 0 Å². The van der Waals surface area contributed by atoms with E-state index in [0.717, 1.165) is 18.5 Å². The summed E-state index contributed by atoms with van der Waals surface area (Å²) < 4.78 is 6.78. The number of carbonyl (C=O) groups excluding carboxylic acids is 1. The van der Waals surface area contributed by atoms with Crippen molar-refractivity contribution in [3.05, 3.63) is 46.8 Å². The summed E-state index contributed by atoms with van der Waals surface area (Å²) in [5, 5.41) is 16.2. The minimum absolute atomic E-state index is 0.105. The van der Waals surface area contributed by atoms with Crippen molar-refractivity contribution in [2.24, 2.45) is 7.05 Å². The van der Waals surface area contributed by atoms with Gasteiger partial charge in [0.2, 0.25) is 0 Å². The van der Waals surface area contributed by atoms with Gasteiger partial charge in [-0.15, -0.1) is 0 Å². The first-order valence-corrected chi connectivity index (χ1v) is 7.69. The van der Waals surface area contributed by atoms with E-state index in [1.54, 1.807) is 16.9 Å². The van der Waals surface area contributed by atoms with E-state index in [0.29, 0.717) is 22.7 Å². The SMILES string of the molecule is COCc1cc(NC(=O)c2cnn(C)c2C2CC2)cc(C(=O)O)c1. The molecule has 0 unspecified atom stereocenters. The third-order valence-corrected chi connectivity index (χ3v) is 4.00. The van der Waals surface area contributed by atoms with Crippen LogP contribution in [0.3, 0.4) is 0 Å². The number of carbonyl (C=O) groups is 2. The second-order valence-corrected chi connectivity index (χ2v) is 5.95. The Bertz CT molecular complexity index is 793. The number of aromatic carboxylic acids is 1. The molecular weight excluding hydrogens is 310 g/mol. The van der Waals surface area contributed by atoms with Crippen LogP contribution in [0, 0.1) is 0 Å². The molecule has 1 aromatic carbocycles. The fourth-order valence-corrected chi connectivity index (χ4v) is 2.80. The van der Waals surface area contributed by atoms with Gasteiger partial charge in [-0.25, -0.2) is 4.79 Å². The Kier molecular flexibility index (Phi) is 4.35. The Labute approximate surface area is 139 Å². The third-order valence-electron chi connectivity index (χ3n) is 4.00. The van der Waals surface area contributed by atoms with Gasteiger partial charge in [-0.2, -0.15) is 5.10 Å². The van der Waals surface area contributed by atoms with Gasteiger partial charge in [-0.05, 0) is 36.6 Å². The Morgan fingerprint density at radius 2 is 2.12 bits per heavy atom. The average Bonchev–Trinajstić information content (AvgIpc) is 3.29. The lowest BCUT2D eigenvalue weighted by atomic mass is 10.1. The van der Waals surface area contributed by atoms with Crippen molar-refractivity contribution in [3.63, 3.8) is 0 Å². The second-order valence-electron chi connectivity index (χ2n) is 5.95. The maximum absolute atomic E-state index is 12.6. The molecule has 0 atom stereocenters. The van der Waals surface area contributed by atoms with Crippen LogP contribution in [0.5, 0.6) is 0 Å². The van der Waals surface area contributed by atoms with E-state index in [2.05, 4.69) is 10.4 Å². The van der Waals surface area contributed by atoms with Crippen LogP contribution in [-0.2, 0) is 18.4 Å². The molecule has 2 N–H and O–H groups in total. The van der Waals surface area contributed by atoms with Crippen LogP contribution in [0.25, 0.3) is 0 Å². The Hall–Kier alpha value is -2.67. The Balaban J connectivity index is 1.87. The highest BCUT2D eigenvalue weighted by Crippen LogP contribution is 2.41. The van der Waals surface area contributed by atoms with Crippen molar-refractivity contribution in [3.8, 4) is 0 Å². The first kappa shape index (κ1) is 16.2. The van der Waals surface area contributed by atoms with Crippen LogP contribution < -0.4 is 5.32 Å². The van der Waals surface area contributed by atoms with E-state index in [1.807, 2.05) is 7.05 Å². The summed E-state index contributed by atoms with van der Waals surface area (Å²) in [6.45, 7) is 0.268. The molecule has 3 rings (SSSR count). The number of nitrogens with one attached hydrogen (secondary N) is 1. The topological polar surface area (TPSA) is 93.5 Å². The highest BCUT2D eigenvalue weighted by atomic mass is 16.5. The Morgan fingerprint density at radius 1 is 1.38 bits per heavy atom. The lowest BCUT2D eigenvalue weighted by Gasteiger charge is -2.10. The van der Waals surface area contributed by atoms with Crippen molar-refractivity contribution in [1.29, 1.82) is 0 Å². The lowest BCUT2D eigenvalue weighted by Crippen LogP contribution is -2.15. The molecular formula is C17H19N3O4. The number of aromatic nitrogens is 2. The van der Waals surface area contributed by atoms with Crippen molar-refractivity contribution in [2.75, 3.05) is 12.4 Å². The number of hydrogen-bond donors (Lipinski definition) is 2. The molecule has 1 saturated carbocycles. The molecule has 0 radical (unpaired) electrons. The van der Waals surface area contributed by atoms with E-state index >= 15 is 0 Å². The number of rotatable bonds is 6. The Morgan fingerprint density at radius 3 is 2.75 bits per heavy atom. The first-order valence-electron chi connectivity index (χ1n) is 7.69. The summed E-state index contributed by atoms with van der Waals surface area (Å²) in [6, 6.07) is 4.68. The smallest absolute Gasteiger partial charge is 0.335 e. The van der Waals surface area contributed by atoms with E-state index in [4.69, 9.17) is 4.74 Å². The van der Waals surface area contributed by atoms with Crippen molar-refractivity contribution < 1.29 is 19.4 Å². The molecule has 1 fully saturated rings. The summed E-state index contributed by atoms with van der Waals surface area (Å²) in [5.74, 6) is -0.952. The van der Waals surface area contributed by atoms with Gasteiger partial charge < -0.3 is 15.2 Å². The molecule has 24 heavy (non-hydrogen) atoms. The second kappa shape index (κ2) is 6.45. The molecule has 7 nitrogen and oxygen atoms in total. The number of carboxylic acids is 1. The average molecular weight is 329 g/mol. The zero-order chi connectivity index (χ0) is 17.3. The molecule has 2 aromatic rings. The number of methoxy groups -OCH3 is 1. The number of hydrogen-bond acceptors (Lipinski definition) is 4. The standard InChI is InChI=1S/C17H19N3O4/c1-20-15(11-3-4-11)14(8-18-20)16(21)19-13-6-10(9-24-2)5-12(7-13)17(22)23/h5-8,11H,3-4,9H2,1-2H3,(H,19,21)(H,22,23). The highest BCUT2D eigenvalue weighted by Gasteiger charge is 2.31. The monoisotopic (exact) mass is 329 g/mol. The lowest BCUT2D eigenvalue weighted by molar-refractivity contribution is 0.0696. The maximum atomic E-state index is 12.6. The van der Waals surface area contributed by atoms with Crippen molar-refractivity contribution in [1.82, 2.24) is 9.78 Å². The molecule has 0 bridgehead atoms. The van der Waals surface area contributed by atoms with Crippen LogP contribution in [0.4, 0.5) is 5.69 Å². The minimum atomic E-state index is -1.05. The largest absolute Gasteiger partial charge is 0.478 e. The van der Waals surface area contributed by atoms with Gasteiger partial charge >= 0.3 is 5.97 Å². The van der Waals surface area contributed by atoms with Crippen LogP contribution in [0.2, 0.25) is 0 Å². The number of ether oxygens (including phenoxy) is 1. The van der Waals surface area contributed by atoms with E-state index < -0.39 is 5.97 Å². The van der Waals surface area contributed by atoms with Gasteiger partial charge in [0.1, 0.15) is 0 Å². The number of aryl methyl sites for hydroxylation is 1. The zero-order valence-electron chi connectivity index (χ0n) is 13.6. The molecule has 1 amide bonds. The summed E-state index contributed by atoms with van der Waals surface area (Å²) in [7, 11) is 3.36. The summed E-state index contributed by atoms with van der Waals surface area (Å²) >= 11 is 0. The molecule has 7 heteroatoms. The van der Waals surface area contributed by atoms with E-state index in [-0.39, 0.29) is 18.1 Å². The number of benzene rings is 1. The first-order chi connectivity index (χ1) is 11.5. The van der Waals surface area contributed by atoms with Crippen LogP contribution in [0.1, 0.15) is 50.7 Å². The molecule has 1 aliphatic rings. The number of anilines is 1. The molecule has 0 saturated heterocycles. The van der Waals surface area contributed by atoms with Crippen LogP contribution >= 0.6 is 0 Å². The molecule has 1 aromatic heterocycles. The highest BCUT2D eigenvalue weighted by molar-refractivity contribution is 6.05. The normalized spacial score (nSPS) is 13.8. The molecule has 1 aliphatic carbocycles.